The van der Waals surface area contributed by atoms with Crippen LogP contribution >= 0.6 is 0 Å². The minimum Gasteiger partial charge on any atom is -0.454 e. The predicted molar refractivity (Wildman–Crippen MR) is 127 cm³/mol. The van der Waals surface area contributed by atoms with Crippen molar-refractivity contribution in [1.29, 1.82) is 0 Å². The number of carbonyl (C=O) groups excluding carboxylic acids is 1. The quantitative estimate of drug-likeness (QED) is 0.606. The summed E-state index contributed by atoms with van der Waals surface area (Å²) in [7, 11) is 0. The number of hydrogen-bond donors (Lipinski definition) is 1. The third kappa shape index (κ3) is 5.35. The Morgan fingerprint density at radius 1 is 0.788 bits per heavy atom. The summed E-state index contributed by atoms with van der Waals surface area (Å²) in [6.07, 6.45) is 0. The summed E-state index contributed by atoms with van der Waals surface area (Å²) in [5, 5.41) is 3.25. The Balaban J connectivity index is 1.14. The van der Waals surface area contributed by atoms with Crippen LogP contribution in [0.15, 0.2) is 78.9 Å². The highest BCUT2D eigenvalue weighted by Gasteiger charge is 2.22. The van der Waals surface area contributed by atoms with E-state index in [2.05, 4.69) is 51.5 Å². The van der Waals surface area contributed by atoms with Gasteiger partial charge in [-0.3, -0.25) is 14.6 Å². The van der Waals surface area contributed by atoms with Crippen LogP contribution < -0.4 is 14.8 Å². The van der Waals surface area contributed by atoms with Crippen LogP contribution in [0, 0.1) is 0 Å². The molecule has 0 spiro atoms. The summed E-state index contributed by atoms with van der Waals surface area (Å²) >= 11 is 0. The molecular formula is C27H29N3O3. The van der Waals surface area contributed by atoms with Crippen molar-refractivity contribution in [3.05, 3.63) is 95.6 Å². The Bertz CT molecular complexity index is 1030. The smallest absolute Gasteiger partial charge is 0.234 e. The van der Waals surface area contributed by atoms with Gasteiger partial charge in [-0.15, -0.1) is 0 Å². The van der Waals surface area contributed by atoms with Gasteiger partial charge in [-0.25, -0.2) is 0 Å². The van der Waals surface area contributed by atoms with Crippen molar-refractivity contribution < 1.29 is 14.3 Å². The molecule has 0 unspecified atom stereocenters. The lowest BCUT2D eigenvalue weighted by molar-refractivity contribution is -0.123. The molecule has 1 fully saturated rings. The first-order valence-corrected chi connectivity index (χ1v) is 11.5. The number of piperazine rings is 1. The molecule has 3 aromatic rings. The van der Waals surface area contributed by atoms with Gasteiger partial charge in [0.2, 0.25) is 12.7 Å². The molecule has 6 nitrogen and oxygen atoms in total. The first-order chi connectivity index (χ1) is 16.2. The van der Waals surface area contributed by atoms with E-state index in [1.165, 1.54) is 5.56 Å². The van der Waals surface area contributed by atoms with E-state index < -0.39 is 0 Å². The number of benzene rings is 3. The fraction of sp³-hybridized carbons (Fsp3) is 0.296. The van der Waals surface area contributed by atoms with Crippen molar-refractivity contribution in [2.24, 2.45) is 0 Å². The van der Waals surface area contributed by atoms with Crippen LogP contribution in [0.25, 0.3) is 0 Å². The second kappa shape index (κ2) is 10.1. The Kier molecular flexibility index (Phi) is 6.56. The van der Waals surface area contributed by atoms with Gasteiger partial charge < -0.3 is 14.8 Å². The minimum atomic E-state index is -0.146. The molecule has 2 aliphatic rings. The van der Waals surface area contributed by atoms with Crippen LogP contribution in [0.4, 0.5) is 0 Å². The molecule has 2 heterocycles. The van der Waals surface area contributed by atoms with E-state index >= 15 is 0 Å². The first-order valence-electron chi connectivity index (χ1n) is 11.5. The van der Waals surface area contributed by atoms with Gasteiger partial charge in [-0.1, -0.05) is 66.7 Å². The maximum Gasteiger partial charge on any atom is 0.234 e. The molecule has 6 heteroatoms. The largest absolute Gasteiger partial charge is 0.454 e. The number of amides is 1. The fourth-order valence-electron chi connectivity index (χ4n) is 4.46. The van der Waals surface area contributed by atoms with Crippen molar-refractivity contribution in [2.45, 2.75) is 12.6 Å². The highest BCUT2D eigenvalue weighted by Crippen LogP contribution is 2.32. The fourth-order valence-corrected chi connectivity index (χ4v) is 4.46. The van der Waals surface area contributed by atoms with Gasteiger partial charge in [0.05, 0.1) is 12.6 Å². The SMILES string of the molecule is O=C(CN1CCN(Cc2ccc3c(c2)OCO3)CC1)NC(c1ccccc1)c1ccccc1. The molecule has 1 N–H and O–H groups in total. The molecule has 33 heavy (non-hydrogen) atoms. The third-order valence-corrected chi connectivity index (χ3v) is 6.25. The number of nitrogens with one attached hydrogen (secondary N) is 1. The lowest BCUT2D eigenvalue weighted by Crippen LogP contribution is -2.49. The summed E-state index contributed by atoms with van der Waals surface area (Å²) in [6, 6.07) is 26.3. The highest BCUT2D eigenvalue weighted by atomic mass is 16.7. The molecule has 0 saturated carbocycles. The van der Waals surface area contributed by atoms with Gasteiger partial charge in [-0.2, -0.15) is 0 Å². The molecule has 0 aromatic heterocycles. The van der Waals surface area contributed by atoms with Crippen LogP contribution in [0.1, 0.15) is 22.7 Å². The van der Waals surface area contributed by atoms with E-state index in [9.17, 15) is 4.79 Å². The van der Waals surface area contributed by atoms with Gasteiger partial charge in [0.25, 0.3) is 0 Å². The number of fused-ring (bicyclic) bond motifs is 1. The van der Waals surface area contributed by atoms with Crippen LogP contribution in [0.5, 0.6) is 11.5 Å². The molecule has 5 rings (SSSR count). The van der Waals surface area contributed by atoms with Gasteiger partial charge in [0, 0.05) is 32.7 Å². The second-order valence-corrected chi connectivity index (χ2v) is 8.56. The van der Waals surface area contributed by atoms with Crippen LogP contribution in [0.3, 0.4) is 0 Å². The summed E-state index contributed by atoms with van der Waals surface area (Å²) < 4.78 is 10.9. The Morgan fingerprint density at radius 3 is 2.06 bits per heavy atom. The molecule has 2 aliphatic heterocycles. The summed E-state index contributed by atoms with van der Waals surface area (Å²) in [6.45, 7) is 5.20. The zero-order chi connectivity index (χ0) is 22.5. The van der Waals surface area contributed by atoms with E-state index in [1.54, 1.807) is 0 Å². The summed E-state index contributed by atoms with van der Waals surface area (Å²) in [4.78, 5) is 17.6. The summed E-state index contributed by atoms with van der Waals surface area (Å²) in [5.41, 5.74) is 3.40. The van der Waals surface area contributed by atoms with Crippen LogP contribution in [-0.2, 0) is 11.3 Å². The minimum absolute atomic E-state index is 0.0527. The van der Waals surface area contributed by atoms with E-state index in [0.29, 0.717) is 13.3 Å². The maximum atomic E-state index is 13.0. The van der Waals surface area contributed by atoms with Gasteiger partial charge in [0.15, 0.2) is 11.5 Å². The molecule has 1 saturated heterocycles. The molecule has 3 aromatic carbocycles. The topological polar surface area (TPSA) is 54.0 Å². The number of nitrogens with zero attached hydrogens (tertiary/aromatic N) is 2. The highest BCUT2D eigenvalue weighted by molar-refractivity contribution is 5.79. The monoisotopic (exact) mass is 443 g/mol. The van der Waals surface area contributed by atoms with E-state index in [1.807, 2.05) is 42.5 Å². The number of carbonyl (C=O) groups is 1. The molecule has 0 atom stereocenters. The molecule has 0 aliphatic carbocycles. The van der Waals surface area contributed by atoms with E-state index in [4.69, 9.17) is 9.47 Å². The lowest BCUT2D eigenvalue weighted by atomic mass is 9.99. The number of hydrogen-bond acceptors (Lipinski definition) is 5. The van der Waals surface area contributed by atoms with E-state index in [0.717, 1.165) is 55.3 Å². The van der Waals surface area contributed by atoms with Crippen molar-refractivity contribution in [3.63, 3.8) is 0 Å². The zero-order valence-electron chi connectivity index (χ0n) is 18.7. The average molecular weight is 444 g/mol. The molecule has 0 radical (unpaired) electrons. The predicted octanol–water partition coefficient (Wildman–Crippen LogP) is 3.44. The number of ether oxygens (including phenoxy) is 2. The Morgan fingerprint density at radius 2 is 1.39 bits per heavy atom. The second-order valence-electron chi connectivity index (χ2n) is 8.56. The van der Waals surface area contributed by atoms with Gasteiger partial charge in [-0.05, 0) is 28.8 Å². The van der Waals surface area contributed by atoms with Crippen molar-refractivity contribution in [1.82, 2.24) is 15.1 Å². The molecule has 1 amide bonds. The van der Waals surface area contributed by atoms with Gasteiger partial charge >= 0.3 is 0 Å². The van der Waals surface area contributed by atoms with Crippen molar-refractivity contribution in [3.8, 4) is 11.5 Å². The van der Waals surface area contributed by atoms with E-state index in [-0.39, 0.29) is 11.9 Å². The zero-order valence-corrected chi connectivity index (χ0v) is 18.7. The lowest BCUT2D eigenvalue weighted by Gasteiger charge is -2.34. The van der Waals surface area contributed by atoms with Gasteiger partial charge in [0.1, 0.15) is 0 Å². The standard InChI is InChI=1S/C27H29N3O3/c31-26(28-27(22-7-3-1-4-8-22)23-9-5-2-6-10-23)19-30-15-13-29(14-16-30)18-21-11-12-24-25(17-21)33-20-32-24/h1-12,17,27H,13-16,18-20H2,(H,28,31). The van der Waals surface area contributed by atoms with Crippen molar-refractivity contribution in [2.75, 3.05) is 39.5 Å². The van der Waals surface area contributed by atoms with Crippen LogP contribution in [0.2, 0.25) is 0 Å². The summed E-state index contributed by atoms with van der Waals surface area (Å²) in [5.74, 6) is 1.70. The van der Waals surface area contributed by atoms with Crippen molar-refractivity contribution >= 4 is 5.91 Å². The Labute approximate surface area is 194 Å². The molecule has 0 bridgehead atoms. The Hall–Kier alpha value is -3.35. The molecular weight excluding hydrogens is 414 g/mol. The normalized spacial score (nSPS) is 16.2. The van der Waals surface area contributed by atoms with Crippen LogP contribution in [-0.4, -0.2) is 55.2 Å². The maximum absolute atomic E-state index is 13.0. The average Bonchev–Trinajstić information content (AvgIpc) is 3.33. The molecule has 170 valence electrons. The first kappa shape index (κ1) is 21.5. The number of rotatable bonds is 7. The third-order valence-electron chi connectivity index (χ3n) is 6.25.